The molecular weight excluding hydrogens is 256 g/mol. The molecule has 1 atom stereocenters. The maximum atomic E-state index is 11.8. The maximum Gasteiger partial charge on any atom is 0.319 e. The predicted octanol–water partition coefficient (Wildman–Crippen LogP) is 2.61. The van der Waals surface area contributed by atoms with Crippen LogP contribution in [0.1, 0.15) is 27.7 Å². The Morgan fingerprint density at radius 1 is 1.45 bits per heavy atom. The molecule has 0 radical (unpaired) electrons. The zero-order valence-electron chi connectivity index (χ0n) is 12.6. The van der Waals surface area contributed by atoms with Gasteiger partial charge in [0.15, 0.2) is 0 Å². The standard InChI is InChI=1S/C15H24N2O3/c1-5-20-13-8-6-7-12(9-13)17-14(18)16-10-15(4,19)11(2)3/h6-9,11,19H,5,10H2,1-4H3,(H2,16,17,18). The highest BCUT2D eigenvalue weighted by Crippen LogP contribution is 2.17. The quantitative estimate of drug-likeness (QED) is 0.750. The summed E-state index contributed by atoms with van der Waals surface area (Å²) in [5.41, 5.74) is -0.275. The van der Waals surface area contributed by atoms with E-state index in [4.69, 9.17) is 4.74 Å². The van der Waals surface area contributed by atoms with Gasteiger partial charge in [-0.05, 0) is 31.9 Å². The van der Waals surface area contributed by atoms with Gasteiger partial charge >= 0.3 is 6.03 Å². The Balaban J connectivity index is 2.52. The fourth-order valence-electron chi connectivity index (χ4n) is 1.47. The molecule has 1 aromatic carbocycles. The third-order valence-corrected chi connectivity index (χ3v) is 3.25. The highest BCUT2D eigenvalue weighted by Gasteiger charge is 2.25. The summed E-state index contributed by atoms with van der Waals surface area (Å²) in [5.74, 6) is 0.767. The zero-order valence-corrected chi connectivity index (χ0v) is 12.6. The van der Waals surface area contributed by atoms with Crippen LogP contribution in [-0.2, 0) is 0 Å². The third kappa shape index (κ3) is 5.09. The second-order valence-electron chi connectivity index (χ2n) is 5.28. The number of carbonyl (C=O) groups excluding carboxylic acids is 1. The van der Waals surface area contributed by atoms with Gasteiger partial charge in [0, 0.05) is 18.3 Å². The van der Waals surface area contributed by atoms with Crippen LogP contribution in [0.15, 0.2) is 24.3 Å². The number of urea groups is 1. The topological polar surface area (TPSA) is 70.6 Å². The largest absolute Gasteiger partial charge is 0.494 e. The Morgan fingerprint density at radius 2 is 2.15 bits per heavy atom. The third-order valence-electron chi connectivity index (χ3n) is 3.25. The van der Waals surface area contributed by atoms with Gasteiger partial charge in [-0.25, -0.2) is 4.79 Å². The first-order valence-corrected chi connectivity index (χ1v) is 6.85. The van der Waals surface area contributed by atoms with Crippen LogP contribution >= 0.6 is 0 Å². The lowest BCUT2D eigenvalue weighted by Crippen LogP contribution is -2.45. The Hall–Kier alpha value is -1.75. The molecule has 0 bridgehead atoms. The van der Waals surface area contributed by atoms with Crippen LogP contribution in [0.4, 0.5) is 10.5 Å². The van der Waals surface area contributed by atoms with Crippen molar-refractivity contribution in [2.75, 3.05) is 18.5 Å². The van der Waals surface area contributed by atoms with E-state index in [0.29, 0.717) is 18.0 Å². The molecule has 1 unspecified atom stereocenters. The number of nitrogens with one attached hydrogen (secondary N) is 2. The Morgan fingerprint density at radius 3 is 2.75 bits per heavy atom. The molecule has 0 spiro atoms. The van der Waals surface area contributed by atoms with Gasteiger partial charge in [-0.2, -0.15) is 0 Å². The second kappa shape index (κ2) is 7.14. The minimum absolute atomic E-state index is 0.0593. The van der Waals surface area contributed by atoms with Crippen molar-refractivity contribution in [3.05, 3.63) is 24.3 Å². The highest BCUT2D eigenvalue weighted by atomic mass is 16.5. The number of ether oxygens (including phenoxy) is 1. The Labute approximate surface area is 120 Å². The molecule has 2 amide bonds. The van der Waals surface area contributed by atoms with Crippen molar-refractivity contribution >= 4 is 11.7 Å². The SMILES string of the molecule is CCOc1cccc(NC(=O)NCC(C)(O)C(C)C)c1. The van der Waals surface area contributed by atoms with Crippen LogP contribution in [0.2, 0.25) is 0 Å². The number of amides is 2. The van der Waals surface area contributed by atoms with Gasteiger partial charge in [0.2, 0.25) is 0 Å². The van der Waals surface area contributed by atoms with E-state index in [9.17, 15) is 9.90 Å². The number of aliphatic hydroxyl groups is 1. The van der Waals surface area contributed by atoms with Gasteiger partial charge in [0.25, 0.3) is 0 Å². The lowest BCUT2D eigenvalue weighted by molar-refractivity contribution is 0.0170. The van der Waals surface area contributed by atoms with E-state index in [-0.39, 0.29) is 18.5 Å². The number of benzene rings is 1. The minimum Gasteiger partial charge on any atom is -0.494 e. The predicted molar refractivity (Wildman–Crippen MR) is 80.1 cm³/mol. The van der Waals surface area contributed by atoms with Crippen LogP contribution in [-0.4, -0.2) is 29.9 Å². The van der Waals surface area contributed by atoms with E-state index in [1.807, 2.05) is 32.9 Å². The molecule has 0 aliphatic carbocycles. The first-order chi connectivity index (χ1) is 9.35. The van der Waals surface area contributed by atoms with E-state index < -0.39 is 5.60 Å². The fraction of sp³-hybridized carbons (Fsp3) is 0.533. The summed E-state index contributed by atoms with van der Waals surface area (Å²) in [4.78, 5) is 11.8. The van der Waals surface area contributed by atoms with Gasteiger partial charge in [0.1, 0.15) is 5.75 Å². The van der Waals surface area contributed by atoms with Crippen molar-refractivity contribution in [1.29, 1.82) is 0 Å². The van der Waals surface area contributed by atoms with Crippen LogP contribution in [0, 0.1) is 5.92 Å². The van der Waals surface area contributed by atoms with Gasteiger partial charge in [-0.3, -0.25) is 0 Å². The first kappa shape index (κ1) is 16.3. The number of hydrogen-bond donors (Lipinski definition) is 3. The van der Waals surface area contributed by atoms with Crippen LogP contribution in [0.3, 0.4) is 0 Å². The van der Waals surface area contributed by atoms with Crippen molar-refractivity contribution in [1.82, 2.24) is 5.32 Å². The molecule has 0 aliphatic heterocycles. The molecule has 0 saturated carbocycles. The molecule has 0 heterocycles. The number of anilines is 1. The molecule has 0 aliphatic rings. The average molecular weight is 280 g/mol. The number of carbonyl (C=O) groups is 1. The second-order valence-corrected chi connectivity index (χ2v) is 5.28. The Kier molecular flexibility index (Phi) is 5.82. The zero-order chi connectivity index (χ0) is 15.2. The number of rotatable bonds is 6. The summed E-state index contributed by atoms with van der Waals surface area (Å²) >= 11 is 0. The van der Waals surface area contributed by atoms with Gasteiger partial charge in [0.05, 0.1) is 12.2 Å². The van der Waals surface area contributed by atoms with Gasteiger partial charge in [-0.1, -0.05) is 19.9 Å². The molecule has 1 rings (SSSR count). The summed E-state index contributed by atoms with van der Waals surface area (Å²) in [6.07, 6.45) is 0. The van der Waals surface area contributed by atoms with Crippen molar-refractivity contribution in [2.24, 2.45) is 5.92 Å². The molecule has 112 valence electrons. The van der Waals surface area contributed by atoms with Crippen molar-refractivity contribution in [3.63, 3.8) is 0 Å². The molecule has 5 nitrogen and oxygen atoms in total. The summed E-state index contributed by atoms with van der Waals surface area (Å²) in [6.45, 7) is 8.19. The van der Waals surface area contributed by atoms with E-state index in [1.54, 1.807) is 19.1 Å². The summed E-state index contributed by atoms with van der Waals surface area (Å²) < 4.78 is 5.36. The monoisotopic (exact) mass is 280 g/mol. The normalized spacial score (nSPS) is 13.7. The van der Waals surface area contributed by atoms with E-state index in [2.05, 4.69) is 10.6 Å². The smallest absolute Gasteiger partial charge is 0.319 e. The number of hydrogen-bond acceptors (Lipinski definition) is 3. The van der Waals surface area contributed by atoms with Crippen LogP contribution < -0.4 is 15.4 Å². The maximum absolute atomic E-state index is 11.8. The average Bonchev–Trinajstić information content (AvgIpc) is 2.37. The van der Waals surface area contributed by atoms with E-state index >= 15 is 0 Å². The highest BCUT2D eigenvalue weighted by molar-refractivity contribution is 5.89. The lowest BCUT2D eigenvalue weighted by Gasteiger charge is -2.27. The van der Waals surface area contributed by atoms with Crippen LogP contribution in [0.5, 0.6) is 5.75 Å². The minimum atomic E-state index is -0.926. The molecule has 3 N–H and O–H groups in total. The fourth-order valence-corrected chi connectivity index (χ4v) is 1.47. The van der Waals surface area contributed by atoms with Crippen molar-refractivity contribution in [2.45, 2.75) is 33.3 Å². The summed E-state index contributed by atoms with van der Waals surface area (Å²) in [7, 11) is 0. The molecular formula is C15H24N2O3. The first-order valence-electron chi connectivity index (χ1n) is 6.85. The Bertz CT molecular complexity index is 444. The molecule has 5 heteroatoms. The molecule has 0 fully saturated rings. The van der Waals surface area contributed by atoms with Gasteiger partial charge < -0.3 is 20.5 Å². The van der Waals surface area contributed by atoms with E-state index in [0.717, 1.165) is 0 Å². The molecule has 20 heavy (non-hydrogen) atoms. The molecule has 0 saturated heterocycles. The molecule has 0 aromatic heterocycles. The van der Waals surface area contributed by atoms with Crippen molar-refractivity contribution in [3.8, 4) is 5.75 Å². The van der Waals surface area contributed by atoms with Crippen LogP contribution in [0.25, 0.3) is 0 Å². The van der Waals surface area contributed by atoms with Crippen molar-refractivity contribution < 1.29 is 14.6 Å². The van der Waals surface area contributed by atoms with Gasteiger partial charge in [-0.15, -0.1) is 0 Å². The molecule has 1 aromatic rings. The van der Waals surface area contributed by atoms with E-state index in [1.165, 1.54) is 0 Å². The summed E-state index contributed by atoms with van der Waals surface area (Å²) in [6, 6.07) is 6.83. The lowest BCUT2D eigenvalue weighted by atomic mass is 9.93. The summed E-state index contributed by atoms with van der Waals surface area (Å²) in [5, 5.41) is 15.4.